The minimum Gasteiger partial charge on any atom is -0.336 e. The highest BCUT2D eigenvalue weighted by molar-refractivity contribution is 5.95. The molecule has 2 heterocycles. The maximum atomic E-state index is 12.5. The molecule has 1 aliphatic rings. The van der Waals surface area contributed by atoms with Gasteiger partial charge in [-0.15, -0.1) is 12.4 Å². The molecular formula is C14H25ClN4O. The minimum atomic E-state index is 0. The van der Waals surface area contributed by atoms with Crippen molar-refractivity contribution in [2.45, 2.75) is 33.7 Å². The van der Waals surface area contributed by atoms with Gasteiger partial charge in [0.2, 0.25) is 0 Å². The zero-order valence-electron chi connectivity index (χ0n) is 12.6. The van der Waals surface area contributed by atoms with Crippen molar-refractivity contribution in [3.05, 3.63) is 17.5 Å². The Bertz CT molecular complexity index is 438. The molecule has 0 unspecified atom stereocenters. The summed E-state index contributed by atoms with van der Waals surface area (Å²) in [5.41, 5.74) is 1.85. The van der Waals surface area contributed by atoms with Crippen molar-refractivity contribution in [2.24, 2.45) is 5.92 Å². The van der Waals surface area contributed by atoms with Gasteiger partial charge in [0.15, 0.2) is 0 Å². The van der Waals surface area contributed by atoms with E-state index in [1.54, 1.807) is 6.20 Å². The predicted molar refractivity (Wildman–Crippen MR) is 82.5 cm³/mol. The second-order valence-electron chi connectivity index (χ2n) is 5.48. The number of carbonyl (C=O) groups is 1. The molecule has 0 radical (unpaired) electrons. The number of nitrogens with one attached hydrogen (secondary N) is 1. The van der Waals surface area contributed by atoms with Gasteiger partial charge in [-0.05, 0) is 12.3 Å². The Kier molecular flexibility index (Phi) is 6.49. The van der Waals surface area contributed by atoms with Gasteiger partial charge in [0, 0.05) is 32.7 Å². The van der Waals surface area contributed by atoms with Gasteiger partial charge in [0.25, 0.3) is 5.91 Å². The van der Waals surface area contributed by atoms with E-state index in [9.17, 15) is 4.79 Å². The fourth-order valence-corrected chi connectivity index (χ4v) is 2.50. The van der Waals surface area contributed by atoms with Gasteiger partial charge in [-0.25, -0.2) is 0 Å². The molecule has 5 nitrogen and oxygen atoms in total. The van der Waals surface area contributed by atoms with E-state index >= 15 is 0 Å². The van der Waals surface area contributed by atoms with Crippen LogP contribution in [0.4, 0.5) is 0 Å². The molecule has 0 spiro atoms. The monoisotopic (exact) mass is 300 g/mol. The lowest BCUT2D eigenvalue weighted by molar-refractivity contribution is 0.0734. The van der Waals surface area contributed by atoms with Crippen molar-refractivity contribution >= 4 is 18.3 Å². The van der Waals surface area contributed by atoms with Crippen LogP contribution >= 0.6 is 12.4 Å². The van der Waals surface area contributed by atoms with Crippen molar-refractivity contribution < 1.29 is 4.79 Å². The molecule has 0 bridgehead atoms. The van der Waals surface area contributed by atoms with Crippen LogP contribution in [0.3, 0.4) is 0 Å². The summed E-state index contributed by atoms with van der Waals surface area (Å²) in [6.07, 6.45) is 2.59. The Balaban J connectivity index is 0.00000200. The van der Waals surface area contributed by atoms with Crippen LogP contribution in [-0.2, 0) is 13.0 Å². The number of hydrogen-bond acceptors (Lipinski definition) is 3. The third kappa shape index (κ3) is 3.73. The standard InChI is InChI=1S/C14H24N4O.ClH/c1-4-13-12(9-16-18(13)10-11(2)3)14(19)17-7-5-15-6-8-17;/h9,11,15H,4-8,10H2,1-3H3;1H. The molecule has 0 aromatic carbocycles. The predicted octanol–water partition coefficient (Wildman–Crippen LogP) is 1.57. The Morgan fingerprint density at radius 1 is 1.40 bits per heavy atom. The van der Waals surface area contributed by atoms with Crippen LogP contribution in [0.25, 0.3) is 0 Å². The summed E-state index contributed by atoms with van der Waals surface area (Å²) in [4.78, 5) is 14.4. The van der Waals surface area contributed by atoms with E-state index in [1.165, 1.54) is 0 Å². The van der Waals surface area contributed by atoms with Gasteiger partial charge in [-0.3, -0.25) is 9.48 Å². The van der Waals surface area contributed by atoms with Crippen molar-refractivity contribution in [1.82, 2.24) is 20.0 Å². The van der Waals surface area contributed by atoms with E-state index in [2.05, 4.69) is 31.2 Å². The number of halogens is 1. The van der Waals surface area contributed by atoms with Crippen molar-refractivity contribution in [3.63, 3.8) is 0 Å². The summed E-state index contributed by atoms with van der Waals surface area (Å²) in [7, 11) is 0. The Morgan fingerprint density at radius 3 is 2.60 bits per heavy atom. The molecule has 1 aromatic heterocycles. The number of nitrogens with zero attached hydrogens (tertiary/aromatic N) is 3. The van der Waals surface area contributed by atoms with Crippen molar-refractivity contribution in [3.8, 4) is 0 Å². The van der Waals surface area contributed by atoms with Crippen LogP contribution in [0.2, 0.25) is 0 Å². The van der Waals surface area contributed by atoms with Gasteiger partial charge in [0.1, 0.15) is 0 Å². The van der Waals surface area contributed by atoms with Crippen LogP contribution in [-0.4, -0.2) is 46.8 Å². The Hall–Kier alpha value is -1.07. The summed E-state index contributed by atoms with van der Waals surface area (Å²) in [5.74, 6) is 0.667. The topological polar surface area (TPSA) is 50.2 Å². The molecule has 0 aliphatic carbocycles. The Morgan fingerprint density at radius 2 is 2.05 bits per heavy atom. The number of hydrogen-bond donors (Lipinski definition) is 1. The first-order valence-corrected chi connectivity index (χ1v) is 7.18. The van der Waals surface area contributed by atoms with E-state index < -0.39 is 0 Å². The maximum absolute atomic E-state index is 12.5. The van der Waals surface area contributed by atoms with Gasteiger partial charge in [0.05, 0.1) is 17.5 Å². The third-order valence-corrected chi connectivity index (χ3v) is 3.46. The van der Waals surface area contributed by atoms with Crippen LogP contribution in [0.15, 0.2) is 6.20 Å². The molecular weight excluding hydrogens is 276 g/mol. The summed E-state index contributed by atoms with van der Waals surface area (Å²) in [6.45, 7) is 10.6. The molecule has 0 atom stereocenters. The zero-order valence-corrected chi connectivity index (χ0v) is 13.4. The van der Waals surface area contributed by atoms with Crippen molar-refractivity contribution in [1.29, 1.82) is 0 Å². The van der Waals surface area contributed by atoms with Crippen LogP contribution in [0.1, 0.15) is 36.8 Å². The summed E-state index contributed by atoms with van der Waals surface area (Å²) in [6, 6.07) is 0. The molecule has 1 aliphatic heterocycles. The highest BCUT2D eigenvalue weighted by Crippen LogP contribution is 2.14. The summed E-state index contributed by atoms with van der Waals surface area (Å²) in [5, 5.41) is 7.66. The maximum Gasteiger partial charge on any atom is 0.257 e. The van der Waals surface area contributed by atoms with Crippen molar-refractivity contribution in [2.75, 3.05) is 26.2 Å². The van der Waals surface area contributed by atoms with Gasteiger partial charge in [-0.2, -0.15) is 5.10 Å². The van der Waals surface area contributed by atoms with Gasteiger partial charge < -0.3 is 10.2 Å². The zero-order chi connectivity index (χ0) is 13.8. The largest absolute Gasteiger partial charge is 0.336 e. The number of aromatic nitrogens is 2. The smallest absolute Gasteiger partial charge is 0.257 e. The first kappa shape index (κ1) is 17.0. The van der Waals surface area contributed by atoms with Gasteiger partial charge >= 0.3 is 0 Å². The van der Waals surface area contributed by atoms with Crippen LogP contribution in [0, 0.1) is 5.92 Å². The van der Waals surface area contributed by atoms with Crippen LogP contribution in [0.5, 0.6) is 0 Å². The fraction of sp³-hybridized carbons (Fsp3) is 0.714. The lowest BCUT2D eigenvalue weighted by Crippen LogP contribution is -2.46. The summed E-state index contributed by atoms with van der Waals surface area (Å²) < 4.78 is 1.99. The van der Waals surface area contributed by atoms with E-state index in [0.29, 0.717) is 5.92 Å². The molecule has 1 amide bonds. The minimum absolute atomic E-state index is 0. The highest BCUT2D eigenvalue weighted by Gasteiger charge is 2.23. The quantitative estimate of drug-likeness (QED) is 0.918. The lowest BCUT2D eigenvalue weighted by Gasteiger charge is -2.27. The van der Waals surface area contributed by atoms with E-state index in [4.69, 9.17) is 0 Å². The molecule has 114 valence electrons. The third-order valence-electron chi connectivity index (χ3n) is 3.46. The number of carbonyl (C=O) groups excluding carboxylic acids is 1. The van der Waals surface area contributed by atoms with E-state index in [-0.39, 0.29) is 18.3 Å². The number of rotatable bonds is 4. The fourth-order valence-electron chi connectivity index (χ4n) is 2.50. The molecule has 0 saturated carbocycles. The molecule has 1 aromatic rings. The average molecular weight is 301 g/mol. The second kappa shape index (κ2) is 7.64. The molecule has 1 saturated heterocycles. The molecule has 1 fully saturated rings. The molecule has 2 rings (SSSR count). The Labute approximate surface area is 127 Å². The highest BCUT2D eigenvalue weighted by atomic mass is 35.5. The summed E-state index contributed by atoms with van der Waals surface area (Å²) >= 11 is 0. The van der Waals surface area contributed by atoms with Crippen LogP contribution < -0.4 is 5.32 Å². The molecule has 1 N–H and O–H groups in total. The van der Waals surface area contributed by atoms with Gasteiger partial charge in [-0.1, -0.05) is 20.8 Å². The normalized spacial score (nSPS) is 15.3. The van der Waals surface area contributed by atoms with E-state index in [0.717, 1.165) is 50.4 Å². The first-order chi connectivity index (χ1) is 9.13. The SMILES string of the molecule is CCc1c(C(=O)N2CCNCC2)cnn1CC(C)C.Cl. The lowest BCUT2D eigenvalue weighted by atomic mass is 10.1. The number of piperazine rings is 1. The molecule has 20 heavy (non-hydrogen) atoms. The average Bonchev–Trinajstić information content (AvgIpc) is 2.80. The molecule has 6 heteroatoms. The van der Waals surface area contributed by atoms with E-state index in [1.807, 2.05) is 9.58 Å². The first-order valence-electron chi connectivity index (χ1n) is 7.18. The second-order valence-corrected chi connectivity index (χ2v) is 5.48. The number of amides is 1.